The molecule has 0 spiro atoms. The van der Waals surface area contributed by atoms with Crippen LogP contribution in [0.3, 0.4) is 0 Å². The SMILES string of the molecule is C=C(/C=C\C=C\S(=O)(=O)N1CCN(c2ncccn2)CC1)C(=O)NC. The zero-order chi connectivity index (χ0) is 18.3. The predicted octanol–water partition coefficient (Wildman–Crippen LogP) is 0.301. The van der Waals surface area contributed by atoms with Crippen LogP contribution in [0.4, 0.5) is 5.95 Å². The topological polar surface area (TPSA) is 95.5 Å². The van der Waals surface area contributed by atoms with Crippen LogP contribution in [0, 0.1) is 0 Å². The van der Waals surface area contributed by atoms with Crippen molar-refractivity contribution in [3.63, 3.8) is 0 Å². The second-order valence-corrected chi connectivity index (χ2v) is 7.09. The molecule has 0 atom stereocenters. The van der Waals surface area contributed by atoms with Crippen LogP contribution in [0.5, 0.6) is 0 Å². The van der Waals surface area contributed by atoms with Crippen molar-refractivity contribution in [3.8, 4) is 0 Å². The number of nitrogens with one attached hydrogen (secondary N) is 1. The molecule has 0 aliphatic carbocycles. The number of amides is 1. The summed E-state index contributed by atoms with van der Waals surface area (Å²) in [4.78, 5) is 21.6. The molecule has 1 aromatic rings. The highest BCUT2D eigenvalue weighted by molar-refractivity contribution is 7.92. The number of piperazine rings is 1. The standard InChI is InChI=1S/C16H21N5O3S/c1-14(15(22)17-2)6-3-4-13-25(23,24)21-11-9-20(10-12-21)16-18-7-5-8-19-16/h3-8,13H,1,9-12H2,2H3,(H,17,22)/b6-3-,13-4+. The molecule has 2 rings (SSSR count). The molecule has 1 amide bonds. The molecular weight excluding hydrogens is 342 g/mol. The average Bonchev–Trinajstić information content (AvgIpc) is 2.65. The quantitative estimate of drug-likeness (QED) is 0.577. The summed E-state index contributed by atoms with van der Waals surface area (Å²) in [5, 5.41) is 3.56. The average molecular weight is 363 g/mol. The fourth-order valence-electron chi connectivity index (χ4n) is 2.24. The van der Waals surface area contributed by atoms with E-state index in [0.29, 0.717) is 32.1 Å². The van der Waals surface area contributed by atoms with Crippen molar-refractivity contribution in [2.45, 2.75) is 0 Å². The molecule has 0 unspecified atom stereocenters. The molecule has 0 radical (unpaired) electrons. The molecule has 0 aromatic carbocycles. The van der Waals surface area contributed by atoms with E-state index in [0.717, 1.165) is 5.41 Å². The summed E-state index contributed by atoms with van der Waals surface area (Å²) in [6, 6.07) is 1.74. The van der Waals surface area contributed by atoms with E-state index in [1.807, 2.05) is 4.90 Å². The lowest BCUT2D eigenvalue weighted by Crippen LogP contribution is -2.48. The molecule has 1 aliphatic rings. The Balaban J connectivity index is 1.91. The summed E-state index contributed by atoms with van der Waals surface area (Å²) < 4.78 is 26.0. The first-order valence-corrected chi connectivity index (χ1v) is 9.22. The molecule has 2 heterocycles. The molecular formula is C16H21N5O3S. The van der Waals surface area contributed by atoms with Gasteiger partial charge in [-0.25, -0.2) is 18.4 Å². The number of allylic oxidation sites excluding steroid dienone is 2. The van der Waals surface area contributed by atoms with E-state index < -0.39 is 10.0 Å². The van der Waals surface area contributed by atoms with Crippen LogP contribution < -0.4 is 10.2 Å². The maximum absolute atomic E-state index is 12.3. The maximum atomic E-state index is 12.3. The molecule has 0 bridgehead atoms. The van der Waals surface area contributed by atoms with Gasteiger partial charge in [0.15, 0.2) is 0 Å². The number of likely N-dealkylation sites (N-methyl/N-ethyl adjacent to an activating group) is 1. The second-order valence-electron chi connectivity index (χ2n) is 5.27. The molecule has 134 valence electrons. The van der Waals surface area contributed by atoms with E-state index in [-0.39, 0.29) is 11.5 Å². The van der Waals surface area contributed by atoms with Gasteiger partial charge in [0.05, 0.1) is 0 Å². The van der Waals surface area contributed by atoms with Gasteiger partial charge in [-0.2, -0.15) is 4.31 Å². The summed E-state index contributed by atoms with van der Waals surface area (Å²) in [7, 11) is -2.01. The lowest BCUT2D eigenvalue weighted by Gasteiger charge is -2.33. The minimum absolute atomic E-state index is 0.251. The van der Waals surface area contributed by atoms with E-state index in [4.69, 9.17) is 0 Å². The minimum Gasteiger partial charge on any atom is -0.355 e. The fraction of sp³-hybridized carbons (Fsp3) is 0.312. The molecule has 25 heavy (non-hydrogen) atoms. The van der Waals surface area contributed by atoms with Crippen molar-refractivity contribution in [1.82, 2.24) is 19.6 Å². The highest BCUT2D eigenvalue weighted by Gasteiger charge is 2.25. The number of nitrogens with zero attached hydrogens (tertiary/aromatic N) is 4. The Morgan fingerprint density at radius 2 is 1.84 bits per heavy atom. The number of sulfonamides is 1. The summed E-state index contributed by atoms with van der Waals surface area (Å²) in [5.41, 5.74) is 0.251. The van der Waals surface area contributed by atoms with Crippen LogP contribution in [-0.2, 0) is 14.8 Å². The van der Waals surface area contributed by atoms with E-state index in [2.05, 4.69) is 21.9 Å². The Morgan fingerprint density at radius 1 is 1.20 bits per heavy atom. The highest BCUT2D eigenvalue weighted by atomic mass is 32.2. The van der Waals surface area contributed by atoms with E-state index in [1.54, 1.807) is 18.5 Å². The van der Waals surface area contributed by atoms with Crippen molar-refractivity contribution in [2.75, 3.05) is 38.1 Å². The number of aromatic nitrogens is 2. The van der Waals surface area contributed by atoms with Gasteiger partial charge in [0.25, 0.3) is 0 Å². The number of rotatable bonds is 6. The monoisotopic (exact) mass is 363 g/mol. The van der Waals surface area contributed by atoms with Gasteiger partial charge in [-0.3, -0.25) is 4.79 Å². The predicted molar refractivity (Wildman–Crippen MR) is 96.2 cm³/mol. The van der Waals surface area contributed by atoms with E-state index in [1.165, 1.54) is 29.6 Å². The van der Waals surface area contributed by atoms with E-state index >= 15 is 0 Å². The Kier molecular flexibility index (Phi) is 6.43. The number of carbonyl (C=O) groups excluding carboxylic acids is 1. The zero-order valence-corrected chi connectivity index (χ0v) is 14.8. The molecule has 1 aromatic heterocycles. The second kappa shape index (κ2) is 8.54. The minimum atomic E-state index is -3.51. The summed E-state index contributed by atoms with van der Waals surface area (Å²) >= 11 is 0. The maximum Gasteiger partial charge on any atom is 0.250 e. The van der Waals surface area contributed by atoms with Gasteiger partial charge < -0.3 is 10.2 Å². The van der Waals surface area contributed by atoms with Gasteiger partial charge in [-0.15, -0.1) is 0 Å². The van der Waals surface area contributed by atoms with Gasteiger partial charge in [-0.05, 0) is 12.1 Å². The lowest BCUT2D eigenvalue weighted by molar-refractivity contribution is -0.116. The Labute approximate surface area is 147 Å². The van der Waals surface area contributed by atoms with E-state index in [9.17, 15) is 13.2 Å². The number of anilines is 1. The third kappa shape index (κ3) is 5.23. The van der Waals surface area contributed by atoms with Crippen molar-refractivity contribution in [3.05, 3.63) is 54.2 Å². The van der Waals surface area contributed by atoms with Crippen LogP contribution in [0.2, 0.25) is 0 Å². The first-order valence-electron chi connectivity index (χ1n) is 7.72. The van der Waals surface area contributed by atoms with Gasteiger partial charge in [-0.1, -0.05) is 18.7 Å². The normalized spacial score (nSPS) is 16.4. The fourth-order valence-corrected chi connectivity index (χ4v) is 3.37. The van der Waals surface area contributed by atoms with Crippen LogP contribution in [0.25, 0.3) is 0 Å². The third-order valence-electron chi connectivity index (χ3n) is 3.61. The number of carbonyl (C=O) groups is 1. The summed E-state index contributed by atoms with van der Waals surface area (Å²) in [5.74, 6) is 0.289. The van der Waals surface area contributed by atoms with Crippen LogP contribution in [-0.4, -0.2) is 61.8 Å². The summed E-state index contributed by atoms with van der Waals surface area (Å²) in [6.45, 7) is 5.35. The lowest BCUT2D eigenvalue weighted by atomic mass is 10.2. The molecule has 1 saturated heterocycles. The van der Waals surface area contributed by atoms with Gasteiger partial charge in [0.2, 0.25) is 21.9 Å². The molecule has 1 aliphatic heterocycles. The third-order valence-corrected chi connectivity index (χ3v) is 5.20. The van der Waals surface area contributed by atoms with Crippen LogP contribution in [0.15, 0.2) is 54.2 Å². The van der Waals surface area contributed by atoms with Crippen molar-refractivity contribution in [1.29, 1.82) is 0 Å². The first kappa shape index (κ1) is 18.8. The van der Waals surface area contributed by atoms with Crippen molar-refractivity contribution < 1.29 is 13.2 Å². The largest absolute Gasteiger partial charge is 0.355 e. The molecule has 1 fully saturated rings. The van der Waals surface area contributed by atoms with Crippen molar-refractivity contribution in [2.24, 2.45) is 0 Å². The smallest absolute Gasteiger partial charge is 0.250 e. The Morgan fingerprint density at radius 3 is 2.44 bits per heavy atom. The molecule has 9 heteroatoms. The van der Waals surface area contributed by atoms with Gasteiger partial charge in [0, 0.05) is 56.6 Å². The molecule has 8 nitrogen and oxygen atoms in total. The zero-order valence-electron chi connectivity index (χ0n) is 14.0. The number of hydrogen-bond acceptors (Lipinski definition) is 6. The number of hydrogen-bond donors (Lipinski definition) is 1. The van der Waals surface area contributed by atoms with Gasteiger partial charge >= 0.3 is 0 Å². The van der Waals surface area contributed by atoms with Crippen LogP contribution in [0.1, 0.15) is 0 Å². The van der Waals surface area contributed by atoms with Crippen molar-refractivity contribution >= 4 is 21.9 Å². The van der Waals surface area contributed by atoms with Gasteiger partial charge in [0.1, 0.15) is 0 Å². The van der Waals surface area contributed by atoms with Crippen LogP contribution >= 0.6 is 0 Å². The molecule has 1 N–H and O–H groups in total. The molecule has 0 saturated carbocycles. The first-order chi connectivity index (χ1) is 11.9. The summed E-state index contributed by atoms with van der Waals surface area (Å²) in [6.07, 6.45) is 7.63. The Bertz CT molecular complexity index is 766. The highest BCUT2D eigenvalue weighted by Crippen LogP contribution is 2.13. The Hall–Kier alpha value is -2.52.